The first-order chi connectivity index (χ1) is 12.4. The van der Waals surface area contributed by atoms with Crippen LogP contribution >= 0.6 is 0 Å². The van der Waals surface area contributed by atoms with Gasteiger partial charge in [0, 0.05) is 11.8 Å². The first-order valence-electron chi connectivity index (χ1n) is 8.59. The Kier molecular flexibility index (Phi) is 2.40. The van der Waals surface area contributed by atoms with Gasteiger partial charge in [-0.05, 0) is 30.3 Å². The lowest BCUT2D eigenvalue weighted by Crippen LogP contribution is -2.31. The topological polar surface area (TPSA) is 13.2 Å². The van der Waals surface area contributed by atoms with Crippen LogP contribution in [-0.4, -0.2) is 8.97 Å². The van der Waals surface area contributed by atoms with E-state index in [9.17, 15) is 0 Å². The van der Waals surface area contributed by atoms with Crippen molar-refractivity contribution in [3.8, 4) is 17.1 Å². The molecule has 6 rings (SSSR count). The second-order valence-electron chi connectivity index (χ2n) is 6.59. The summed E-state index contributed by atoms with van der Waals surface area (Å²) in [5, 5.41) is 0. The summed E-state index contributed by atoms with van der Waals surface area (Å²) in [6, 6.07) is 25.8. The summed E-state index contributed by atoms with van der Waals surface area (Å²) in [6.07, 6.45) is 4.37. The zero-order valence-corrected chi connectivity index (χ0v) is 13.6. The molecule has 0 atom stereocenters. The molecule has 3 nitrogen and oxygen atoms in total. The van der Waals surface area contributed by atoms with E-state index in [-0.39, 0.29) is 0 Å². The largest absolute Gasteiger partial charge is 0.316 e. The maximum atomic E-state index is 2.46. The van der Waals surface area contributed by atoms with Crippen LogP contribution in [0.5, 0.6) is 0 Å². The molecule has 0 saturated carbocycles. The molecule has 0 fully saturated rings. The summed E-state index contributed by atoms with van der Waals surface area (Å²) < 4.78 is 7.08. The normalized spacial score (nSPS) is 12.6. The fraction of sp³-hybridized carbons (Fsp3) is 0.0455. The van der Waals surface area contributed by atoms with Gasteiger partial charge in [0.05, 0.1) is 17.3 Å². The summed E-state index contributed by atoms with van der Waals surface area (Å²) in [6.45, 7) is 0.927. The van der Waals surface area contributed by atoms with Crippen molar-refractivity contribution in [2.45, 2.75) is 6.54 Å². The van der Waals surface area contributed by atoms with Crippen molar-refractivity contribution in [1.82, 2.24) is 8.97 Å². The second-order valence-corrected chi connectivity index (χ2v) is 6.59. The first kappa shape index (κ1) is 13.0. The van der Waals surface area contributed by atoms with Gasteiger partial charge in [0.25, 0.3) is 5.82 Å². The quantitative estimate of drug-likeness (QED) is 0.403. The van der Waals surface area contributed by atoms with E-state index in [1.165, 1.54) is 39.2 Å². The molecule has 0 N–H and O–H groups in total. The maximum absolute atomic E-state index is 2.46. The van der Waals surface area contributed by atoms with Crippen LogP contribution in [0.25, 0.3) is 33.6 Å². The molecule has 0 radical (unpaired) electrons. The van der Waals surface area contributed by atoms with Gasteiger partial charge >= 0.3 is 0 Å². The molecule has 3 heteroatoms. The van der Waals surface area contributed by atoms with Gasteiger partial charge in [-0.3, -0.25) is 0 Å². The number of nitrogens with zero attached hydrogens (tertiary/aromatic N) is 3. The molecule has 1 aliphatic heterocycles. The lowest BCUT2D eigenvalue weighted by molar-refractivity contribution is -0.645. The van der Waals surface area contributed by atoms with Gasteiger partial charge in [-0.2, -0.15) is 4.57 Å². The van der Waals surface area contributed by atoms with Crippen molar-refractivity contribution in [3.63, 3.8) is 0 Å². The van der Waals surface area contributed by atoms with Crippen LogP contribution in [0.15, 0.2) is 85.2 Å². The van der Waals surface area contributed by atoms with Crippen LogP contribution in [0.3, 0.4) is 0 Å². The Labute approximate surface area is 145 Å². The molecule has 0 aliphatic carbocycles. The summed E-state index contributed by atoms with van der Waals surface area (Å²) in [5.41, 5.74) is 7.73. The Bertz CT molecular complexity index is 1260. The van der Waals surface area contributed by atoms with Crippen LogP contribution in [0.1, 0.15) is 5.56 Å². The Morgan fingerprint density at radius 2 is 1.56 bits per heavy atom. The van der Waals surface area contributed by atoms with Gasteiger partial charge in [0.15, 0.2) is 5.52 Å². The molecule has 118 valence electrons. The minimum atomic E-state index is 0.927. The number of fused-ring (bicyclic) bond motifs is 7. The zero-order chi connectivity index (χ0) is 16.4. The SMILES string of the molecule is c1ccc(-n2c3[n+](c4c2cn2ccccc42)Cc2ccccc2-3)cc1. The third-order valence-corrected chi connectivity index (χ3v) is 5.22. The van der Waals surface area contributed by atoms with E-state index in [4.69, 9.17) is 0 Å². The van der Waals surface area contributed by atoms with Crippen molar-refractivity contribution in [2.24, 2.45) is 0 Å². The minimum Gasteiger partial charge on any atom is -0.316 e. The standard InChI is InChI=1S/C22H16N3/c1-2-9-17(10-3-1)25-20-15-23-13-7-6-12-19(23)21(20)24-14-16-8-4-5-11-18(16)22(24)25/h1-13,15H,14H2/q+1. The van der Waals surface area contributed by atoms with E-state index < -0.39 is 0 Å². The van der Waals surface area contributed by atoms with Crippen molar-refractivity contribution >= 4 is 16.6 Å². The van der Waals surface area contributed by atoms with Gasteiger partial charge in [-0.1, -0.05) is 42.5 Å². The van der Waals surface area contributed by atoms with Crippen LogP contribution in [0.2, 0.25) is 0 Å². The van der Waals surface area contributed by atoms with Crippen LogP contribution in [0, 0.1) is 0 Å². The van der Waals surface area contributed by atoms with Gasteiger partial charge in [0.1, 0.15) is 12.2 Å². The Balaban J connectivity index is 1.83. The smallest absolute Gasteiger partial charge is 0.295 e. The van der Waals surface area contributed by atoms with E-state index in [2.05, 4.69) is 98.7 Å². The minimum absolute atomic E-state index is 0.927. The van der Waals surface area contributed by atoms with Gasteiger partial charge in [-0.25, -0.2) is 4.57 Å². The number of imidazole rings is 1. The molecule has 2 aromatic carbocycles. The average Bonchev–Trinajstić information content (AvgIpc) is 3.29. The fourth-order valence-corrected chi connectivity index (χ4v) is 4.18. The number of hydrogen-bond acceptors (Lipinski definition) is 0. The lowest BCUT2D eigenvalue weighted by atomic mass is 10.1. The highest BCUT2D eigenvalue weighted by atomic mass is 15.2. The Hall–Kier alpha value is -3.33. The molecule has 0 amide bonds. The Morgan fingerprint density at radius 1 is 0.760 bits per heavy atom. The van der Waals surface area contributed by atoms with Crippen LogP contribution in [-0.2, 0) is 6.54 Å². The second kappa shape index (κ2) is 4.61. The number of para-hydroxylation sites is 1. The van der Waals surface area contributed by atoms with E-state index in [1.54, 1.807) is 0 Å². The predicted octanol–water partition coefficient (Wildman–Crippen LogP) is 4.20. The maximum Gasteiger partial charge on any atom is 0.295 e. The summed E-state index contributed by atoms with van der Waals surface area (Å²) in [5.74, 6) is 1.28. The summed E-state index contributed by atoms with van der Waals surface area (Å²) >= 11 is 0. The molecule has 0 saturated heterocycles. The number of pyridine rings is 1. The lowest BCUT2D eigenvalue weighted by Gasteiger charge is -2.01. The molecule has 4 heterocycles. The number of hydrogen-bond donors (Lipinski definition) is 0. The summed E-state index contributed by atoms with van der Waals surface area (Å²) in [4.78, 5) is 0. The summed E-state index contributed by atoms with van der Waals surface area (Å²) in [7, 11) is 0. The monoisotopic (exact) mass is 322 g/mol. The number of rotatable bonds is 1. The van der Waals surface area contributed by atoms with Crippen LogP contribution in [0.4, 0.5) is 0 Å². The molecular formula is C22H16N3+. The fourth-order valence-electron chi connectivity index (χ4n) is 4.18. The molecule has 5 aromatic rings. The first-order valence-corrected chi connectivity index (χ1v) is 8.59. The predicted molar refractivity (Wildman–Crippen MR) is 99.0 cm³/mol. The van der Waals surface area contributed by atoms with Gasteiger partial charge < -0.3 is 4.40 Å². The number of benzene rings is 2. The third-order valence-electron chi connectivity index (χ3n) is 5.22. The third kappa shape index (κ3) is 1.62. The van der Waals surface area contributed by atoms with Crippen molar-refractivity contribution in [3.05, 3.63) is 90.8 Å². The van der Waals surface area contributed by atoms with Crippen molar-refractivity contribution in [2.75, 3.05) is 0 Å². The molecule has 0 unspecified atom stereocenters. The van der Waals surface area contributed by atoms with Crippen LogP contribution < -0.4 is 4.57 Å². The molecule has 3 aromatic heterocycles. The average molecular weight is 322 g/mol. The highest BCUT2D eigenvalue weighted by molar-refractivity contribution is 5.93. The molecule has 25 heavy (non-hydrogen) atoms. The van der Waals surface area contributed by atoms with E-state index >= 15 is 0 Å². The van der Waals surface area contributed by atoms with Gasteiger partial charge in [0.2, 0.25) is 5.52 Å². The highest BCUT2D eigenvalue weighted by Gasteiger charge is 2.36. The highest BCUT2D eigenvalue weighted by Crippen LogP contribution is 2.35. The Morgan fingerprint density at radius 3 is 2.48 bits per heavy atom. The molecule has 0 bridgehead atoms. The molecule has 1 aliphatic rings. The van der Waals surface area contributed by atoms with Gasteiger partial charge in [-0.15, -0.1) is 0 Å². The molecular weight excluding hydrogens is 306 g/mol. The van der Waals surface area contributed by atoms with Crippen molar-refractivity contribution < 1.29 is 4.57 Å². The molecule has 0 spiro atoms. The van der Waals surface area contributed by atoms with E-state index in [0.717, 1.165) is 6.54 Å². The van der Waals surface area contributed by atoms with E-state index in [1.807, 2.05) is 0 Å². The number of aromatic nitrogens is 3. The zero-order valence-electron chi connectivity index (χ0n) is 13.6. The van der Waals surface area contributed by atoms with Crippen molar-refractivity contribution in [1.29, 1.82) is 0 Å². The van der Waals surface area contributed by atoms with E-state index in [0.29, 0.717) is 0 Å².